The summed E-state index contributed by atoms with van der Waals surface area (Å²) in [6, 6.07) is 15.1. The van der Waals surface area contributed by atoms with Crippen molar-refractivity contribution in [1.82, 2.24) is 0 Å². The molecule has 0 heterocycles. The number of nitrogens with two attached hydrogens (primary N) is 1. The molecule has 1 nitrogen and oxygen atoms in total. The van der Waals surface area contributed by atoms with Gasteiger partial charge in [0.2, 0.25) is 0 Å². The van der Waals surface area contributed by atoms with Gasteiger partial charge in [-0.05, 0) is 34.7 Å². The Labute approximate surface area is 97.3 Å². The lowest BCUT2D eigenvalue weighted by atomic mass is 9.96. The van der Waals surface area contributed by atoms with E-state index in [1.165, 1.54) is 16.3 Å². The first-order valence-corrected chi connectivity index (χ1v) is 5.91. The van der Waals surface area contributed by atoms with Crippen LogP contribution in [0, 0.1) is 5.92 Å². The molecule has 0 bridgehead atoms. The summed E-state index contributed by atoms with van der Waals surface area (Å²) in [5, 5.41) is 2.56. The molecule has 0 fully saturated rings. The molecule has 0 unspecified atom stereocenters. The summed E-state index contributed by atoms with van der Waals surface area (Å²) in [6.45, 7) is 4.42. The Hall–Kier alpha value is -1.34. The van der Waals surface area contributed by atoms with Crippen molar-refractivity contribution in [2.24, 2.45) is 11.7 Å². The van der Waals surface area contributed by atoms with Gasteiger partial charge in [0.1, 0.15) is 0 Å². The van der Waals surface area contributed by atoms with Crippen LogP contribution in [0.1, 0.15) is 31.9 Å². The van der Waals surface area contributed by atoms with Gasteiger partial charge in [-0.15, -0.1) is 0 Å². The molecular formula is C15H19N. The molecule has 0 amide bonds. The minimum Gasteiger partial charge on any atom is -0.324 e. The molecular weight excluding hydrogens is 194 g/mol. The van der Waals surface area contributed by atoms with Gasteiger partial charge >= 0.3 is 0 Å². The quantitative estimate of drug-likeness (QED) is 0.822. The first-order valence-electron chi connectivity index (χ1n) is 5.91. The average molecular weight is 213 g/mol. The van der Waals surface area contributed by atoms with E-state index in [9.17, 15) is 0 Å². The van der Waals surface area contributed by atoms with Gasteiger partial charge in [-0.1, -0.05) is 50.2 Å². The lowest BCUT2D eigenvalue weighted by molar-refractivity contribution is 0.510. The van der Waals surface area contributed by atoms with Crippen LogP contribution < -0.4 is 5.73 Å². The molecule has 2 rings (SSSR count). The molecule has 1 atom stereocenters. The van der Waals surface area contributed by atoms with Crippen molar-refractivity contribution in [2.45, 2.75) is 26.3 Å². The predicted octanol–water partition coefficient (Wildman–Crippen LogP) is 3.89. The Bertz CT molecular complexity index is 474. The van der Waals surface area contributed by atoms with Gasteiger partial charge in [0, 0.05) is 6.04 Å². The van der Waals surface area contributed by atoms with Crippen molar-refractivity contribution in [3.05, 3.63) is 48.0 Å². The first kappa shape index (κ1) is 11.2. The van der Waals surface area contributed by atoms with Gasteiger partial charge in [-0.3, -0.25) is 0 Å². The van der Waals surface area contributed by atoms with E-state index < -0.39 is 0 Å². The Morgan fingerprint density at radius 3 is 2.38 bits per heavy atom. The number of fused-ring (bicyclic) bond motifs is 1. The highest BCUT2D eigenvalue weighted by atomic mass is 14.6. The SMILES string of the molecule is CC(C)C[C@H](N)c1ccc2ccccc2c1. The normalized spacial score (nSPS) is 13.2. The highest BCUT2D eigenvalue weighted by molar-refractivity contribution is 5.83. The van der Waals surface area contributed by atoms with Crippen LogP contribution in [-0.2, 0) is 0 Å². The Morgan fingerprint density at radius 2 is 1.69 bits per heavy atom. The second-order valence-electron chi connectivity index (χ2n) is 4.84. The first-order chi connectivity index (χ1) is 7.66. The van der Waals surface area contributed by atoms with Crippen molar-refractivity contribution in [1.29, 1.82) is 0 Å². The topological polar surface area (TPSA) is 26.0 Å². The highest BCUT2D eigenvalue weighted by Gasteiger charge is 2.08. The van der Waals surface area contributed by atoms with E-state index in [2.05, 4.69) is 56.3 Å². The van der Waals surface area contributed by atoms with Crippen LogP contribution in [-0.4, -0.2) is 0 Å². The van der Waals surface area contributed by atoms with Gasteiger partial charge in [0.25, 0.3) is 0 Å². The second kappa shape index (κ2) is 4.67. The van der Waals surface area contributed by atoms with Crippen LogP contribution in [0.3, 0.4) is 0 Å². The zero-order chi connectivity index (χ0) is 11.5. The van der Waals surface area contributed by atoms with Crippen molar-refractivity contribution in [3.63, 3.8) is 0 Å². The summed E-state index contributed by atoms with van der Waals surface area (Å²) in [7, 11) is 0. The number of benzene rings is 2. The smallest absolute Gasteiger partial charge is 0.0297 e. The molecule has 0 radical (unpaired) electrons. The Kier molecular flexibility index (Phi) is 3.25. The number of hydrogen-bond donors (Lipinski definition) is 1. The molecule has 1 heteroatoms. The molecule has 0 saturated carbocycles. The van der Waals surface area contributed by atoms with Crippen molar-refractivity contribution in [2.75, 3.05) is 0 Å². The highest BCUT2D eigenvalue weighted by Crippen LogP contribution is 2.23. The maximum absolute atomic E-state index is 6.19. The van der Waals surface area contributed by atoms with E-state index in [1.807, 2.05) is 0 Å². The van der Waals surface area contributed by atoms with E-state index in [1.54, 1.807) is 0 Å². The van der Waals surface area contributed by atoms with Crippen LogP contribution in [0.4, 0.5) is 0 Å². The third-order valence-electron chi connectivity index (χ3n) is 2.93. The van der Waals surface area contributed by atoms with E-state index in [-0.39, 0.29) is 6.04 Å². The zero-order valence-corrected chi connectivity index (χ0v) is 9.98. The molecule has 16 heavy (non-hydrogen) atoms. The van der Waals surface area contributed by atoms with Gasteiger partial charge < -0.3 is 5.73 Å². The third-order valence-corrected chi connectivity index (χ3v) is 2.93. The summed E-state index contributed by atoms with van der Waals surface area (Å²) in [4.78, 5) is 0. The zero-order valence-electron chi connectivity index (χ0n) is 9.98. The van der Waals surface area contributed by atoms with Crippen molar-refractivity contribution in [3.8, 4) is 0 Å². The molecule has 2 N–H and O–H groups in total. The van der Waals surface area contributed by atoms with Gasteiger partial charge in [-0.2, -0.15) is 0 Å². The fourth-order valence-corrected chi connectivity index (χ4v) is 2.08. The van der Waals surface area contributed by atoms with Crippen molar-refractivity contribution >= 4 is 10.8 Å². The van der Waals surface area contributed by atoms with E-state index in [4.69, 9.17) is 5.73 Å². The van der Waals surface area contributed by atoms with Crippen LogP contribution in [0.25, 0.3) is 10.8 Å². The van der Waals surface area contributed by atoms with Gasteiger partial charge in [-0.25, -0.2) is 0 Å². The minimum atomic E-state index is 0.157. The maximum Gasteiger partial charge on any atom is 0.0297 e. The molecule has 0 aliphatic rings. The van der Waals surface area contributed by atoms with Gasteiger partial charge in [0.05, 0.1) is 0 Å². The number of rotatable bonds is 3. The summed E-state index contributed by atoms with van der Waals surface area (Å²) in [5.41, 5.74) is 7.43. The standard InChI is InChI=1S/C15H19N/c1-11(2)9-15(16)14-8-7-12-5-3-4-6-13(12)10-14/h3-8,10-11,15H,9,16H2,1-2H3/t15-/m0/s1. The molecule has 0 saturated heterocycles. The van der Waals surface area contributed by atoms with Crippen LogP contribution in [0.5, 0.6) is 0 Å². The van der Waals surface area contributed by atoms with Crippen LogP contribution in [0.15, 0.2) is 42.5 Å². The summed E-state index contributed by atoms with van der Waals surface area (Å²) in [6.07, 6.45) is 1.04. The number of hydrogen-bond acceptors (Lipinski definition) is 1. The van der Waals surface area contributed by atoms with Crippen LogP contribution in [0.2, 0.25) is 0 Å². The molecule has 84 valence electrons. The molecule has 0 aliphatic heterocycles. The van der Waals surface area contributed by atoms with Crippen molar-refractivity contribution < 1.29 is 0 Å². The van der Waals surface area contributed by atoms with E-state index in [0.29, 0.717) is 5.92 Å². The fraction of sp³-hybridized carbons (Fsp3) is 0.333. The predicted molar refractivity (Wildman–Crippen MR) is 70.3 cm³/mol. The second-order valence-corrected chi connectivity index (χ2v) is 4.84. The molecule has 2 aromatic rings. The Balaban J connectivity index is 2.32. The monoisotopic (exact) mass is 213 g/mol. The van der Waals surface area contributed by atoms with E-state index >= 15 is 0 Å². The molecule has 0 aliphatic carbocycles. The largest absolute Gasteiger partial charge is 0.324 e. The average Bonchev–Trinajstić information content (AvgIpc) is 2.27. The van der Waals surface area contributed by atoms with Gasteiger partial charge in [0.15, 0.2) is 0 Å². The molecule has 2 aromatic carbocycles. The molecule has 0 spiro atoms. The third kappa shape index (κ3) is 2.42. The summed E-state index contributed by atoms with van der Waals surface area (Å²) in [5.74, 6) is 0.640. The summed E-state index contributed by atoms with van der Waals surface area (Å²) < 4.78 is 0. The summed E-state index contributed by atoms with van der Waals surface area (Å²) >= 11 is 0. The lowest BCUT2D eigenvalue weighted by Crippen LogP contribution is -2.12. The Morgan fingerprint density at radius 1 is 1.00 bits per heavy atom. The minimum absolute atomic E-state index is 0.157. The maximum atomic E-state index is 6.19. The van der Waals surface area contributed by atoms with Crippen LogP contribution >= 0.6 is 0 Å². The molecule has 0 aromatic heterocycles. The van der Waals surface area contributed by atoms with E-state index in [0.717, 1.165) is 6.42 Å². The lowest BCUT2D eigenvalue weighted by Gasteiger charge is -2.15. The fourth-order valence-electron chi connectivity index (χ4n) is 2.08.